The van der Waals surface area contributed by atoms with Crippen LogP contribution in [-0.4, -0.2) is 38.2 Å². The number of carboxylic acids is 1. The molecule has 0 unspecified atom stereocenters. The molecule has 0 rings (SSSR count). The largest absolute Gasteiger partial charge is 0.480 e. The van der Waals surface area contributed by atoms with Crippen molar-refractivity contribution < 1.29 is 27.9 Å². The Bertz CT molecular complexity index is 377. The predicted molar refractivity (Wildman–Crippen MR) is 58.5 cm³/mol. The zero-order valence-corrected chi connectivity index (χ0v) is 10.6. The number of carbonyl (C=O) groups is 2. The average molecular weight is 268 g/mol. The first-order valence-electron chi connectivity index (χ1n) is 4.89. The van der Waals surface area contributed by atoms with E-state index in [9.17, 15) is 18.0 Å². The van der Waals surface area contributed by atoms with Crippen molar-refractivity contribution in [1.29, 1.82) is 0 Å². The van der Waals surface area contributed by atoms with Crippen molar-refractivity contribution in [1.82, 2.24) is 9.44 Å². The fraction of sp³-hybridized carbons (Fsp3) is 0.750. The molecule has 3 N–H and O–H groups in total. The number of hydrogen-bond acceptors (Lipinski definition) is 5. The molecular formula is C8H16N2O6S. The first-order chi connectivity index (χ1) is 7.69. The van der Waals surface area contributed by atoms with Crippen molar-refractivity contribution in [3.8, 4) is 0 Å². The third-order valence-corrected chi connectivity index (χ3v) is 2.71. The van der Waals surface area contributed by atoms with Gasteiger partial charge in [-0.3, -0.25) is 4.79 Å². The second kappa shape index (κ2) is 6.40. The summed E-state index contributed by atoms with van der Waals surface area (Å²) in [6.45, 7) is 4.58. The van der Waals surface area contributed by atoms with Crippen LogP contribution >= 0.6 is 0 Å². The lowest BCUT2D eigenvalue weighted by Crippen LogP contribution is -2.50. The molecule has 0 aromatic rings. The molecule has 0 aromatic heterocycles. The van der Waals surface area contributed by atoms with Crippen molar-refractivity contribution in [3.05, 3.63) is 0 Å². The summed E-state index contributed by atoms with van der Waals surface area (Å²) in [5.41, 5.74) is 0. The van der Waals surface area contributed by atoms with Gasteiger partial charge in [0, 0.05) is 0 Å². The first-order valence-corrected chi connectivity index (χ1v) is 6.37. The summed E-state index contributed by atoms with van der Waals surface area (Å²) in [7, 11) is -4.25. The monoisotopic (exact) mass is 268 g/mol. The zero-order valence-electron chi connectivity index (χ0n) is 9.76. The van der Waals surface area contributed by atoms with Crippen LogP contribution in [0.2, 0.25) is 0 Å². The van der Waals surface area contributed by atoms with Gasteiger partial charge in [-0.15, -0.1) is 0 Å². The SMILES string of the molecule is CCOC(=O)NS(=O)(=O)N[C@H](C(=O)O)C(C)C. The molecule has 0 fully saturated rings. The number of carboxylic acid groups (broad SMARTS) is 1. The fourth-order valence-corrected chi connectivity index (χ4v) is 1.98. The van der Waals surface area contributed by atoms with Crippen LogP contribution in [-0.2, 0) is 19.7 Å². The minimum Gasteiger partial charge on any atom is -0.480 e. The van der Waals surface area contributed by atoms with E-state index < -0.39 is 34.2 Å². The van der Waals surface area contributed by atoms with E-state index in [2.05, 4.69) is 4.74 Å². The van der Waals surface area contributed by atoms with E-state index in [4.69, 9.17) is 5.11 Å². The topological polar surface area (TPSA) is 122 Å². The molecule has 0 saturated carbocycles. The summed E-state index contributed by atoms with van der Waals surface area (Å²) < 4.78 is 30.4. The molecule has 1 amide bonds. The van der Waals surface area contributed by atoms with Crippen LogP contribution in [0.1, 0.15) is 20.8 Å². The molecule has 0 radical (unpaired) electrons. The van der Waals surface area contributed by atoms with Crippen molar-refractivity contribution >= 4 is 22.3 Å². The maximum absolute atomic E-state index is 11.3. The third kappa shape index (κ3) is 6.07. The molecular weight excluding hydrogens is 252 g/mol. The Balaban J connectivity index is 4.63. The molecule has 0 bridgehead atoms. The van der Waals surface area contributed by atoms with Crippen molar-refractivity contribution in [2.75, 3.05) is 6.61 Å². The molecule has 0 spiro atoms. The number of ether oxygens (including phenoxy) is 1. The van der Waals surface area contributed by atoms with Crippen LogP contribution in [0.3, 0.4) is 0 Å². The van der Waals surface area contributed by atoms with Crippen molar-refractivity contribution in [3.63, 3.8) is 0 Å². The van der Waals surface area contributed by atoms with Crippen LogP contribution < -0.4 is 9.44 Å². The Morgan fingerprint density at radius 1 is 1.35 bits per heavy atom. The Morgan fingerprint density at radius 2 is 1.88 bits per heavy atom. The number of carbonyl (C=O) groups excluding carboxylic acids is 1. The van der Waals surface area contributed by atoms with E-state index in [-0.39, 0.29) is 6.61 Å². The van der Waals surface area contributed by atoms with Crippen LogP contribution in [0.25, 0.3) is 0 Å². The maximum atomic E-state index is 11.3. The Morgan fingerprint density at radius 3 is 2.24 bits per heavy atom. The molecule has 0 aliphatic rings. The second-order valence-electron chi connectivity index (χ2n) is 3.50. The Labute approximate surface area is 99.5 Å². The molecule has 0 heterocycles. The highest BCUT2D eigenvalue weighted by Gasteiger charge is 2.28. The average Bonchev–Trinajstić information content (AvgIpc) is 2.12. The van der Waals surface area contributed by atoms with Crippen LogP contribution in [0, 0.1) is 5.92 Å². The minimum absolute atomic E-state index is 0.00783. The summed E-state index contributed by atoms with van der Waals surface area (Å²) in [6, 6.07) is -1.32. The standard InChI is InChI=1S/C8H16N2O6S/c1-4-16-8(13)10-17(14,15)9-6(5(2)3)7(11)12/h5-6,9H,4H2,1-3H3,(H,10,13)(H,11,12)/t6-/m0/s1. The van der Waals surface area contributed by atoms with E-state index in [0.29, 0.717) is 0 Å². The lowest BCUT2D eigenvalue weighted by molar-refractivity contribution is -0.140. The summed E-state index contributed by atoms with van der Waals surface area (Å²) in [5, 5.41) is 8.77. The Hall–Kier alpha value is -1.35. The smallest absolute Gasteiger partial charge is 0.421 e. The quantitative estimate of drug-likeness (QED) is 0.606. The maximum Gasteiger partial charge on any atom is 0.421 e. The lowest BCUT2D eigenvalue weighted by Gasteiger charge is -2.17. The van der Waals surface area contributed by atoms with Crippen LogP contribution in [0.4, 0.5) is 4.79 Å². The van der Waals surface area contributed by atoms with E-state index in [0.717, 1.165) is 0 Å². The highest BCUT2D eigenvalue weighted by Crippen LogP contribution is 2.02. The highest BCUT2D eigenvalue weighted by atomic mass is 32.2. The second-order valence-corrected chi connectivity index (χ2v) is 4.95. The van der Waals surface area contributed by atoms with Gasteiger partial charge in [0.1, 0.15) is 6.04 Å². The number of nitrogens with one attached hydrogen (secondary N) is 2. The van der Waals surface area contributed by atoms with Gasteiger partial charge in [-0.1, -0.05) is 13.8 Å². The first kappa shape index (κ1) is 15.7. The van der Waals surface area contributed by atoms with Gasteiger partial charge in [0.2, 0.25) is 0 Å². The van der Waals surface area contributed by atoms with Gasteiger partial charge in [0.15, 0.2) is 0 Å². The van der Waals surface area contributed by atoms with Gasteiger partial charge in [-0.05, 0) is 12.8 Å². The number of hydrogen-bond donors (Lipinski definition) is 3. The molecule has 0 aliphatic carbocycles. The van der Waals surface area contributed by atoms with E-state index in [1.807, 2.05) is 4.72 Å². The van der Waals surface area contributed by atoms with Crippen LogP contribution in [0.5, 0.6) is 0 Å². The predicted octanol–water partition coefficient (Wildman–Crippen LogP) is -0.324. The molecule has 8 nitrogen and oxygen atoms in total. The molecule has 17 heavy (non-hydrogen) atoms. The fourth-order valence-electron chi connectivity index (χ4n) is 0.939. The van der Waals surface area contributed by atoms with Gasteiger partial charge in [0.05, 0.1) is 6.61 Å². The van der Waals surface area contributed by atoms with Gasteiger partial charge < -0.3 is 9.84 Å². The lowest BCUT2D eigenvalue weighted by atomic mass is 10.1. The summed E-state index contributed by atoms with van der Waals surface area (Å²) in [4.78, 5) is 21.6. The molecule has 100 valence electrons. The number of amides is 1. The van der Waals surface area contributed by atoms with Crippen molar-refractivity contribution in [2.45, 2.75) is 26.8 Å². The molecule has 1 atom stereocenters. The van der Waals surface area contributed by atoms with Gasteiger partial charge >= 0.3 is 22.3 Å². The van der Waals surface area contributed by atoms with Gasteiger partial charge in [-0.25, -0.2) is 9.52 Å². The number of aliphatic carboxylic acids is 1. The molecule has 0 saturated heterocycles. The van der Waals surface area contributed by atoms with E-state index in [1.54, 1.807) is 0 Å². The van der Waals surface area contributed by atoms with Crippen LogP contribution in [0.15, 0.2) is 0 Å². The highest BCUT2D eigenvalue weighted by molar-refractivity contribution is 7.88. The summed E-state index contributed by atoms with van der Waals surface area (Å²) in [5.74, 6) is -1.79. The number of rotatable bonds is 6. The molecule has 0 aromatic carbocycles. The van der Waals surface area contributed by atoms with E-state index in [1.165, 1.54) is 25.5 Å². The normalized spacial score (nSPS) is 13.2. The van der Waals surface area contributed by atoms with Gasteiger partial charge in [0.25, 0.3) is 0 Å². The minimum atomic E-state index is -4.25. The third-order valence-electron chi connectivity index (χ3n) is 1.71. The van der Waals surface area contributed by atoms with Crippen molar-refractivity contribution in [2.24, 2.45) is 5.92 Å². The molecule has 9 heteroatoms. The summed E-state index contributed by atoms with van der Waals surface area (Å²) in [6.07, 6.45) is -1.16. The van der Waals surface area contributed by atoms with E-state index >= 15 is 0 Å². The summed E-state index contributed by atoms with van der Waals surface area (Å²) >= 11 is 0. The van der Waals surface area contributed by atoms with Gasteiger partial charge in [-0.2, -0.15) is 13.1 Å². The Kier molecular flexibility index (Phi) is 5.89. The molecule has 0 aliphatic heterocycles. The zero-order chi connectivity index (χ0) is 13.6.